The second kappa shape index (κ2) is 4.44. The smallest absolute Gasteiger partial charge is 0.266 e. The van der Waals surface area contributed by atoms with E-state index in [1.807, 2.05) is 26.0 Å². The maximum atomic E-state index is 12.8. The minimum absolute atomic E-state index is 0.125. The molecule has 2 aliphatic heterocycles. The number of carbonyl (C=O) groups excluding carboxylic acids is 2. The Labute approximate surface area is 128 Å². The van der Waals surface area contributed by atoms with Crippen LogP contribution < -0.4 is 9.64 Å². The Morgan fingerprint density at radius 1 is 1.05 bits per heavy atom. The van der Waals surface area contributed by atoms with Crippen molar-refractivity contribution in [2.24, 2.45) is 0 Å². The SMILES string of the molecule is Cc1ccc(N2C(=O)c3ccc4c(c3C2=O)[C@H](C)CO4)cc1. The first kappa shape index (κ1) is 13.1. The highest BCUT2D eigenvalue weighted by Crippen LogP contribution is 2.41. The Kier molecular flexibility index (Phi) is 2.64. The molecule has 2 amide bonds. The molecule has 110 valence electrons. The van der Waals surface area contributed by atoms with Gasteiger partial charge in [0.05, 0.1) is 23.4 Å². The molecule has 2 aliphatic rings. The molecule has 2 aromatic rings. The van der Waals surface area contributed by atoms with Crippen LogP contribution in [0.3, 0.4) is 0 Å². The summed E-state index contributed by atoms with van der Waals surface area (Å²) in [5, 5.41) is 0. The van der Waals surface area contributed by atoms with Gasteiger partial charge in [0.25, 0.3) is 11.8 Å². The van der Waals surface area contributed by atoms with Crippen LogP contribution in [0.2, 0.25) is 0 Å². The Bertz CT molecular complexity index is 808. The number of hydrogen-bond donors (Lipinski definition) is 0. The van der Waals surface area contributed by atoms with Crippen LogP contribution in [0.1, 0.15) is 44.7 Å². The number of benzene rings is 2. The van der Waals surface area contributed by atoms with E-state index in [0.717, 1.165) is 16.9 Å². The van der Waals surface area contributed by atoms with E-state index in [9.17, 15) is 9.59 Å². The average Bonchev–Trinajstić information content (AvgIpc) is 3.00. The van der Waals surface area contributed by atoms with Crippen LogP contribution in [0, 0.1) is 6.92 Å². The number of hydrogen-bond acceptors (Lipinski definition) is 3. The van der Waals surface area contributed by atoms with Gasteiger partial charge in [0.15, 0.2) is 0 Å². The van der Waals surface area contributed by atoms with E-state index in [0.29, 0.717) is 23.4 Å². The molecule has 0 radical (unpaired) electrons. The fourth-order valence-electron chi connectivity index (χ4n) is 3.18. The zero-order valence-electron chi connectivity index (χ0n) is 12.4. The van der Waals surface area contributed by atoms with Crippen molar-refractivity contribution in [3.8, 4) is 5.75 Å². The van der Waals surface area contributed by atoms with E-state index in [-0.39, 0.29) is 17.7 Å². The maximum absolute atomic E-state index is 12.8. The first-order valence-electron chi connectivity index (χ1n) is 7.33. The van der Waals surface area contributed by atoms with Crippen LogP contribution in [0.25, 0.3) is 0 Å². The number of nitrogens with zero attached hydrogens (tertiary/aromatic N) is 1. The molecule has 0 aliphatic carbocycles. The Balaban J connectivity index is 1.87. The summed E-state index contributed by atoms with van der Waals surface area (Å²) in [6, 6.07) is 10.9. The van der Waals surface area contributed by atoms with Gasteiger partial charge in [-0.2, -0.15) is 0 Å². The van der Waals surface area contributed by atoms with E-state index < -0.39 is 0 Å². The number of carbonyl (C=O) groups is 2. The van der Waals surface area contributed by atoms with Crippen LogP contribution in [-0.4, -0.2) is 18.4 Å². The summed E-state index contributed by atoms with van der Waals surface area (Å²) < 4.78 is 5.59. The second-order valence-corrected chi connectivity index (χ2v) is 5.89. The average molecular weight is 293 g/mol. The molecule has 0 bridgehead atoms. The van der Waals surface area contributed by atoms with Crippen molar-refractivity contribution in [1.29, 1.82) is 0 Å². The third kappa shape index (κ3) is 1.64. The topological polar surface area (TPSA) is 46.6 Å². The van der Waals surface area contributed by atoms with Gasteiger partial charge in [0.1, 0.15) is 5.75 Å². The molecule has 4 rings (SSSR count). The zero-order chi connectivity index (χ0) is 15.4. The highest BCUT2D eigenvalue weighted by molar-refractivity contribution is 6.35. The highest BCUT2D eigenvalue weighted by atomic mass is 16.5. The molecule has 22 heavy (non-hydrogen) atoms. The van der Waals surface area contributed by atoms with Crippen molar-refractivity contribution in [2.45, 2.75) is 19.8 Å². The lowest BCUT2D eigenvalue weighted by molar-refractivity contribution is 0.0926. The molecule has 1 atom stereocenters. The third-order valence-corrected chi connectivity index (χ3v) is 4.33. The van der Waals surface area contributed by atoms with Crippen LogP contribution in [-0.2, 0) is 0 Å². The monoisotopic (exact) mass is 293 g/mol. The number of rotatable bonds is 1. The molecule has 0 N–H and O–H groups in total. The van der Waals surface area contributed by atoms with E-state index in [4.69, 9.17) is 4.74 Å². The molecular weight excluding hydrogens is 278 g/mol. The van der Waals surface area contributed by atoms with Gasteiger partial charge < -0.3 is 4.74 Å². The molecule has 0 aromatic heterocycles. The van der Waals surface area contributed by atoms with Crippen LogP contribution >= 0.6 is 0 Å². The largest absolute Gasteiger partial charge is 0.493 e. The summed E-state index contributed by atoms with van der Waals surface area (Å²) in [5.41, 5.74) is 3.54. The molecule has 0 saturated carbocycles. The Morgan fingerprint density at radius 2 is 1.77 bits per heavy atom. The predicted octanol–water partition coefficient (Wildman–Crippen LogP) is 3.29. The van der Waals surface area contributed by atoms with Gasteiger partial charge in [-0.25, -0.2) is 4.90 Å². The molecule has 0 unspecified atom stereocenters. The summed E-state index contributed by atoms with van der Waals surface area (Å²) in [7, 11) is 0. The summed E-state index contributed by atoms with van der Waals surface area (Å²) in [5.74, 6) is 0.335. The summed E-state index contributed by atoms with van der Waals surface area (Å²) >= 11 is 0. The minimum atomic E-state index is -0.259. The summed E-state index contributed by atoms with van der Waals surface area (Å²) in [4.78, 5) is 26.8. The van der Waals surface area contributed by atoms with E-state index in [1.165, 1.54) is 4.90 Å². The van der Waals surface area contributed by atoms with Crippen LogP contribution in [0.4, 0.5) is 5.69 Å². The van der Waals surface area contributed by atoms with E-state index >= 15 is 0 Å². The van der Waals surface area contributed by atoms with Gasteiger partial charge in [-0.05, 0) is 31.2 Å². The molecule has 2 heterocycles. The number of ether oxygens (including phenoxy) is 1. The van der Waals surface area contributed by atoms with Gasteiger partial charge in [-0.15, -0.1) is 0 Å². The van der Waals surface area contributed by atoms with Crippen molar-refractivity contribution < 1.29 is 14.3 Å². The van der Waals surface area contributed by atoms with E-state index in [2.05, 4.69) is 0 Å². The van der Waals surface area contributed by atoms with Crippen LogP contribution in [0.15, 0.2) is 36.4 Å². The Morgan fingerprint density at radius 3 is 2.50 bits per heavy atom. The number of imide groups is 1. The molecule has 4 nitrogen and oxygen atoms in total. The van der Waals surface area contributed by atoms with Crippen LogP contribution in [0.5, 0.6) is 5.75 Å². The highest BCUT2D eigenvalue weighted by Gasteiger charge is 2.41. The molecule has 0 saturated heterocycles. The molecular formula is C18H15NO3. The van der Waals surface area contributed by atoms with Crippen molar-refractivity contribution in [2.75, 3.05) is 11.5 Å². The summed E-state index contributed by atoms with van der Waals surface area (Å²) in [6.45, 7) is 4.54. The van der Waals surface area contributed by atoms with Crippen molar-refractivity contribution in [1.82, 2.24) is 0 Å². The third-order valence-electron chi connectivity index (χ3n) is 4.33. The van der Waals surface area contributed by atoms with Gasteiger partial charge in [-0.3, -0.25) is 9.59 Å². The number of anilines is 1. The van der Waals surface area contributed by atoms with E-state index in [1.54, 1.807) is 24.3 Å². The molecule has 0 spiro atoms. The number of fused-ring (bicyclic) bond motifs is 3. The standard InChI is InChI=1S/C18H15NO3/c1-10-3-5-12(6-4-10)19-17(20)13-7-8-14-15(11(2)9-22-14)16(13)18(19)21/h3-8,11H,9H2,1-2H3/t11-/m1/s1. The molecule has 0 fully saturated rings. The maximum Gasteiger partial charge on any atom is 0.266 e. The van der Waals surface area contributed by atoms with Gasteiger partial charge >= 0.3 is 0 Å². The number of aryl methyl sites for hydroxylation is 1. The molecule has 4 heteroatoms. The van der Waals surface area contributed by atoms with Crippen molar-refractivity contribution in [3.05, 3.63) is 58.7 Å². The first-order valence-corrected chi connectivity index (χ1v) is 7.33. The van der Waals surface area contributed by atoms with Gasteiger partial charge in [0, 0.05) is 11.5 Å². The van der Waals surface area contributed by atoms with Crippen molar-refractivity contribution >= 4 is 17.5 Å². The summed E-state index contributed by atoms with van der Waals surface area (Å²) in [6.07, 6.45) is 0. The fraction of sp³-hybridized carbons (Fsp3) is 0.222. The fourth-order valence-corrected chi connectivity index (χ4v) is 3.18. The van der Waals surface area contributed by atoms with Crippen molar-refractivity contribution in [3.63, 3.8) is 0 Å². The minimum Gasteiger partial charge on any atom is -0.493 e. The lowest BCUT2D eigenvalue weighted by Gasteiger charge is -2.14. The normalized spacial score (nSPS) is 19.2. The lowest BCUT2D eigenvalue weighted by atomic mass is 9.94. The first-order chi connectivity index (χ1) is 10.6. The molecule has 2 aromatic carbocycles. The van der Waals surface area contributed by atoms with Gasteiger partial charge in [-0.1, -0.05) is 24.6 Å². The quantitative estimate of drug-likeness (QED) is 0.758. The van der Waals surface area contributed by atoms with Gasteiger partial charge in [0.2, 0.25) is 0 Å². The second-order valence-electron chi connectivity index (χ2n) is 5.89. The number of amides is 2. The Hall–Kier alpha value is -2.62. The lowest BCUT2D eigenvalue weighted by Crippen LogP contribution is -2.29. The zero-order valence-corrected chi connectivity index (χ0v) is 12.4. The predicted molar refractivity (Wildman–Crippen MR) is 82.7 cm³/mol.